The minimum Gasteiger partial charge on any atom is -0.330 e. The van der Waals surface area contributed by atoms with Crippen LogP contribution in [-0.2, 0) is 0 Å². The van der Waals surface area contributed by atoms with E-state index in [1.54, 1.807) is 0 Å². The Hall–Kier alpha value is -0.0800. The van der Waals surface area contributed by atoms with Crippen molar-refractivity contribution in [2.24, 2.45) is 11.7 Å². The van der Waals surface area contributed by atoms with Crippen LogP contribution < -0.4 is 11.1 Å². The van der Waals surface area contributed by atoms with E-state index < -0.39 is 0 Å². The highest BCUT2D eigenvalue weighted by atomic mass is 15.0. The summed E-state index contributed by atoms with van der Waals surface area (Å²) in [6.07, 6.45) is 1.24. The van der Waals surface area contributed by atoms with E-state index in [1.165, 1.54) is 6.42 Å². The summed E-state index contributed by atoms with van der Waals surface area (Å²) >= 11 is 0. The van der Waals surface area contributed by atoms with Gasteiger partial charge < -0.3 is 11.1 Å². The van der Waals surface area contributed by atoms with Crippen LogP contribution in [0, 0.1) is 5.92 Å². The van der Waals surface area contributed by atoms with E-state index in [4.69, 9.17) is 5.73 Å². The zero-order valence-corrected chi connectivity index (χ0v) is 6.28. The summed E-state index contributed by atoms with van der Waals surface area (Å²) in [7, 11) is 0. The molecule has 0 radical (unpaired) electrons. The normalized spacial score (nSPS) is 33.0. The molecular formula is C7H16N2. The highest BCUT2D eigenvalue weighted by Gasteiger charge is 2.32. The van der Waals surface area contributed by atoms with Crippen LogP contribution in [0.4, 0.5) is 0 Å². The van der Waals surface area contributed by atoms with Crippen molar-refractivity contribution in [3.8, 4) is 0 Å². The van der Waals surface area contributed by atoms with Crippen molar-refractivity contribution in [2.75, 3.05) is 13.1 Å². The molecule has 1 aliphatic heterocycles. The molecule has 2 nitrogen and oxygen atoms in total. The molecule has 3 N–H and O–H groups in total. The van der Waals surface area contributed by atoms with Gasteiger partial charge in [-0.3, -0.25) is 0 Å². The van der Waals surface area contributed by atoms with Gasteiger partial charge in [0.1, 0.15) is 0 Å². The van der Waals surface area contributed by atoms with Crippen molar-refractivity contribution < 1.29 is 0 Å². The third-order valence-electron chi connectivity index (χ3n) is 2.38. The summed E-state index contributed by atoms with van der Waals surface area (Å²) in [4.78, 5) is 0. The van der Waals surface area contributed by atoms with Crippen molar-refractivity contribution >= 4 is 0 Å². The molecule has 9 heavy (non-hydrogen) atoms. The summed E-state index contributed by atoms with van der Waals surface area (Å²) < 4.78 is 0. The molecule has 0 aromatic heterocycles. The third kappa shape index (κ3) is 1.25. The average molecular weight is 128 g/mol. The minimum absolute atomic E-state index is 0.286. The Morgan fingerprint density at radius 1 is 1.67 bits per heavy atom. The van der Waals surface area contributed by atoms with Gasteiger partial charge in [0.25, 0.3) is 0 Å². The van der Waals surface area contributed by atoms with Crippen LogP contribution in [0.25, 0.3) is 0 Å². The van der Waals surface area contributed by atoms with E-state index in [0.29, 0.717) is 5.92 Å². The molecule has 1 saturated heterocycles. The van der Waals surface area contributed by atoms with E-state index >= 15 is 0 Å². The number of nitrogens with two attached hydrogens (primary N) is 1. The molecule has 1 rings (SSSR count). The molecule has 1 unspecified atom stereocenters. The van der Waals surface area contributed by atoms with Gasteiger partial charge in [-0.15, -0.1) is 0 Å². The maximum atomic E-state index is 5.57. The van der Waals surface area contributed by atoms with Gasteiger partial charge in [0.2, 0.25) is 0 Å². The second kappa shape index (κ2) is 2.27. The topological polar surface area (TPSA) is 38.0 Å². The Bertz CT molecular complexity index is 99.1. The molecule has 1 fully saturated rings. The van der Waals surface area contributed by atoms with Crippen LogP contribution >= 0.6 is 0 Å². The molecule has 1 atom stereocenters. The van der Waals surface area contributed by atoms with E-state index in [-0.39, 0.29) is 5.54 Å². The van der Waals surface area contributed by atoms with Crippen LogP contribution in [0.3, 0.4) is 0 Å². The quantitative estimate of drug-likeness (QED) is 0.534. The van der Waals surface area contributed by atoms with Crippen molar-refractivity contribution in [3.05, 3.63) is 0 Å². The summed E-state index contributed by atoms with van der Waals surface area (Å²) in [6, 6.07) is 0. The molecule has 0 amide bonds. The lowest BCUT2D eigenvalue weighted by Crippen LogP contribution is -2.40. The first-order chi connectivity index (χ1) is 4.17. The van der Waals surface area contributed by atoms with Crippen molar-refractivity contribution in [2.45, 2.75) is 25.8 Å². The fourth-order valence-electron chi connectivity index (χ4n) is 1.49. The smallest absolute Gasteiger partial charge is 0.0165 e. The van der Waals surface area contributed by atoms with Crippen molar-refractivity contribution in [1.82, 2.24) is 5.32 Å². The van der Waals surface area contributed by atoms with Crippen molar-refractivity contribution in [1.29, 1.82) is 0 Å². The maximum absolute atomic E-state index is 5.57. The van der Waals surface area contributed by atoms with Gasteiger partial charge in [-0.2, -0.15) is 0 Å². The minimum atomic E-state index is 0.286. The maximum Gasteiger partial charge on any atom is 0.0165 e. The predicted molar refractivity (Wildman–Crippen MR) is 39.2 cm³/mol. The van der Waals surface area contributed by atoms with Gasteiger partial charge >= 0.3 is 0 Å². The van der Waals surface area contributed by atoms with Crippen LogP contribution in [0.1, 0.15) is 20.3 Å². The fraction of sp³-hybridized carbons (Fsp3) is 1.00. The Labute approximate surface area is 56.8 Å². The Balaban J connectivity index is 2.52. The summed E-state index contributed by atoms with van der Waals surface area (Å²) in [6.45, 7) is 6.39. The van der Waals surface area contributed by atoms with Gasteiger partial charge in [0, 0.05) is 5.54 Å². The molecule has 0 saturated carbocycles. The van der Waals surface area contributed by atoms with Crippen LogP contribution in [0.2, 0.25) is 0 Å². The number of hydrogen-bond donors (Lipinski definition) is 2. The summed E-state index contributed by atoms with van der Waals surface area (Å²) in [5, 5.41) is 3.42. The van der Waals surface area contributed by atoms with Gasteiger partial charge in [0.05, 0.1) is 0 Å². The Morgan fingerprint density at radius 2 is 2.33 bits per heavy atom. The van der Waals surface area contributed by atoms with E-state index in [0.717, 1.165) is 13.1 Å². The van der Waals surface area contributed by atoms with Gasteiger partial charge in [-0.25, -0.2) is 0 Å². The number of rotatable bonds is 1. The second-order valence-electron chi connectivity index (χ2n) is 3.37. The van der Waals surface area contributed by atoms with Crippen LogP contribution in [0.15, 0.2) is 0 Å². The largest absolute Gasteiger partial charge is 0.330 e. The number of nitrogens with one attached hydrogen (secondary N) is 1. The predicted octanol–water partition coefficient (Wildman–Crippen LogP) is 0.333. The Kier molecular flexibility index (Phi) is 1.78. The van der Waals surface area contributed by atoms with E-state index in [1.807, 2.05) is 0 Å². The molecule has 0 bridgehead atoms. The van der Waals surface area contributed by atoms with Gasteiger partial charge in [0.15, 0.2) is 0 Å². The first-order valence-electron chi connectivity index (χ1n) is 3.62. The van der Waals surface area contributed by atoms with E-state index in [9.17, 15) is 0 Å². The second-order valence-corrected chi connectivity index (χ2v) is 3.37. The lowest BCUT2D eigenvalue weighted by molar-refractivity contribution is 0.342. The molecular weight excluding hydrogens is 112 g/mol. The third-order valence-corrected chi connectivity index (χ3v) is 2.38. The molecule has 1 heterocycles. The monoisotopic (exact) mass is 128 g/mol. The standard InChI is InChI=1S/C7H16N2/c1-7(2)6(5-8)3-4-9-7/h6,9H,3-5,8H2,1-2H3. The zero-order valence-electron chi connectivity index (χ0n) is 6.28. The first-order valence-corrected chi connectivity index (χ1v) is 3.62. The average Bonchev–Trinajstić information content (AvgIpc) is 2.08. The van der Waals surface area contributed by atoms with Crippen LogP contribution in [0.5, 0.6) is 0 Å². The molecule has 2 heteroatoms. The molecule has 1 aliphatic rings. The fourth-order valence-corrected chi connectivity index (χ4v) is 1.49. The summed E-state index contributed by atoms with van der Waals surface area (Å²) in [5.41, 5.74) is 5.86. The zero-order chi connectivity index (χ0) is 6.91. The highest BCUT2D eigenvalue weighted by Crippen LogP contribution is 2.23. The molecule has 0 aliphatic carbocycles. The Morgan fingerprint density at radius 3 is 2.56 bits per heavy atom. The van der Waals surface area contributed by atoms with Crippen molar-refractivity contribution in [3.63, 3.8) is 0 Å². The molecule has 54 valence electrons. The highest BCUT2D eigenvalue weighted by molar-refractivity contribution is 4.92. The van der Waals surface area contributed by atoms with E-state index in [2.05, 4.69) is 19.2 Å². The van der Waals surface area contributed by atoms with Crippen LogP contribution in [-0.4, -0.2) is 18.6 Å². The summed E-state index contributed by atoms with van der Waals surface area (Å²) in [5.74, 6) is 0.678. The lowest BCUT2D eigenvalue weighted by Gasteiger charge is -2.25. The molecule has 0 aromatic rings. The molecule has 0 aromatic carbocycles. The molecule has 0 spiro atoms. The lowest BCUT2D eigenvalue weighted by atomic mass is 9.90. The first kappa shape index (κ1) is 7.03. The SMILES string of the molecule is CC1(C)NCCC1CN. The van der Waals surface area contributed by atoms with Gasteiger partial charge in [-0.05, 0) is 39.3 Å². The van der Waals surface area contributed by atoms with Gasteiger partial charge in [-0.1, -0.05) is 0 Å². The number of hydrogen-bond acceptors (Lipinski definition) is 2.